The molecular formula is C19H21N3O3. The number of pyridine rings is 1. The highest BCUT2D eigenvalue weighted by Crippen LogP contribution is 2.22. The van der Waals surface area contributed by atoms with Gasteiger partial charge in [0.25, 0.3) is 5.89 Å². The molecule has 0 bridgehead atoms. The van der Waals surface area contributed by atoms with E-state index in [0.717, 1.165) is 24.2 Å². The summed E-state index contributed by atoms with van der Waals surface area (Å²) < 4.78 is 10.8. The molecule has 0 aliphatic rings. The Hall–Kier alpha value is -2.89. The van der Waals surface area contributed by atoms with Crippen LogP contribution in [0.25, 0.3) is 11.7 Å². The monoisotopic (exact) mass is 339 g/mol. The van der Waals surface area contributed by atoms with E-state index in [2.05, 4.69) is 15.3 Å². The molecule has 6 nitrogen and oxygen atoms in total. The molecule has 0 aliphatic heterocycles. The van der Waals surface area contributed by atoms with Crippen LogP contribution in [0.2, 0.25) is 0 Å². The highest BCUT2D eigenvalue weighted by atomic mass is 16.4. The number of aromatic nitrogens is 2. The quantitative estimate of drug-likeness (QED) is 0.668. The summed E-state index contributed by atoms with van der Waals surface area (Å²) in [6, 6.07) is 9.52. The summed E-state index contributed by atoms with van der Waals surface area (Å²) in [4.78, 5) is 20.9. The molecule has 3 heterocycles. The SMILES string of the molecule is Cc1cccc(CCCNC(=O)Cc2nc(-c3ccco3)oc2C)n1. The third-order valence-electron chi connectivity index (χ3n) is 3.83. The second kappa shape index (κ2) is 7.79. The van der Waals surface area contributed by atoms with Crippen LogP contribution in [0.1, 0.15) is 29.3 Å². The van der Waals surface area contributed by atoms with Gasteiger partial charge in [-0.05, 0) is 51.0 Å². The van der Waals surface area contributed by atoms with Gasteiger partial charge in [0.05, 0.1) is 18.4 Å². The van der Waals surface area contributed by atoms with Crippen molar-refractivity contribution in [2.45, 2.75) is 33.1 Å². The Morgan fingerprint density at radius 2 is 2.04 bits per heavy atom. The van der Waals surface area contributed by atoms with Crippen LogP contribution in [0, 0.1) is 13.8 Å². The van der Waals surface area contributed by atoms with Crippen molar-refractivity contribution >= 4 is 5.91 Å². The maximum Gasteiger partial charge on any atom is 0.263 e. The second-order valence-electron chi connectivity index (χ2n) is 5.90. The molecule has 0 saturated carbocycles. The molecule has 0 fully saturated rings. The molecule has 130 valence electrons. The molecule has 0 unspecified atom stereocenters. The zero-order valence-electron chi connectivity index (χ0n) is 14.4. The van der Waals surface area contributed by atoms with Crippen LogP contribution in [-0.2, 0) is 17.6 Å². The van der Waals surface area contributed by atoms with Crippen molar-refractivity contribution in [2.75, 3.05) is 6.54 Å². The van der Waals surface area contributed by atoms with Crippen molar-refractivity contribution in [3.8, 4) is 11.7 Å². The van der Waals surface area contributed by atoms with Crippen molar-refractivity contribution in [3.05, 3.63) is 59.4 Å². The molecule has 3 aromatic heterocycles. The first-order valence-electron chi connectivity index (χ1n) is 8.31. The van der Waals surface area contributed by atoms with Crippen molar-refractivity contribution in [2.24, 2.45) is 0 Å². The maximum atomic E-state index is 12.1. The Morgan fingerprint density at radius 1 is 1.16 bits per heavy atom. The summed E-state index contributed by atoms with van der Waals surface area (Å²) in [6.07, 6.45) is 3.44. The molecule has 1 N–H and O–H groups in total. The minimum atomic E-state index is -0.0698. The molecule has 1 amide bonds. The number of carbonyl (C=O) groups is 1. The number of amides is 1. The van der Waals surface area contributed by atoms with Crippen molar-refractivity contribution < 1.29 is 13.6 Å². The van der Waals surface area contributed by atoms with Crippen LogP contribution >= 0.6 is 0 Å². The van der Waals surface area contributed by atoms with Crippen LogP contribution in [0.5, 0.6) is 0 Å². The zero-order valence-corrected chi connectivity index (χ0v) is 14.4. The first-order valence-corrected chi connectivity index (χ1v) is 8.31. The van der Waals surface area contributed by atoms with E-state index in [1.54, 1.807) is 25.3 Å². The molecule has 0 radical (unpaired) electrons. The van der Waals surface area contributed by atoms with Gasteiger partial charge in [-0.1, -0.05) is 6.07 Å². The second-order valence-corrected chi connectivity index (χ2v) is 5.90. The maximum absolute atomic E-state index is 12.1. The number of hydrogen-bond acceptors (Lipinski definition) is 5. The predicted molar refractivity (Wildman–Crippen MR) is 93.0 cm³/mol. The standard InChI is InChI=1S/C19H21N3O3/c1-13-6-3-7-15(21-13)8-4-10-20-18(23)12-16-14(2)25-19(22-16)17-9-5-11-24-17/h3,5-7,9,11H,4,8,10,12H2,1-2H3,(H,20,23). The molecule has 0 spiro atoms. The molecule has 25 heavy (non-hydrogen) atoms. The average Bonchev–Trinajstić information content (AvgIpc) is 3.22. The van der Waals surface area contributed by atoms with E-state index in [4.69, 9.17) is 8.83 Å². The molecule has 6 heteroatoms. The van der Waals surface area contributed by atoms with Crippen LogP contribution < -0.4 is 5.32 Å². The first kappa shape index (κ1) is 17.0. The fourth-order valence-corrected chi connectivity index (χ4v) is 2.55. The average molecular weight is 339 g/mol. The van der Waals surface area contributed by atoms with Crippen molar-refractivity contribution in [1.29, 1.82) is 0 Å². The highest BCUT2D eigenvalue weighted by Gasteiger charge is 2.15. The molecular weight excluding hydrogens is 318 g/mol. The number of hydrogen-bond donors (Lipinski definition) is 1. The van der Waals surface area contributed by atoms with Gasteiger partial charge < -0.3 is 14.2 Å². The first-order chi connectivity index (χ1) is 12.1. The van der Waals surface area contributed by atoms with Gasteiger partial charge in [-0.25, -0.2) is 4.98 Å². The minimum Gasteiger partial charge on any atom is -0.459 e. The third kappa shape index (κ3) is 4.56. The fourth-order valence-electron chi connectivity index (χ4n) is 2.55. The van der Waals surface area contributed by atoms with E-state index in [1.165, 1.54) is 0 Å². The molecule has 0 aliphatic carbocycles. The van der Waals surface area contributed by atoms with Gasteiger partial charge in [0.1, 0.15) is 5.76 Å². The summed E-state index contributed by atoms with van der Waals surface area (Å²) in [5.41, 5.74) is 2.68. The summed E-state index contributed by atoms with van der Waals surface area (Å²) >= 11 is 0. The lowest BCUT2D eigenvalue weighted by molar-refractivity contribution is -0.120. The van der Waals surface area contributed by atoms with Gasteiger partial charge in [0.2, 0.25) is 5.91 Å². The highest BCUT2D eigenvalue weighted by molar-refractivity contribution is 5.78. The number of oxazole rings is 1. The Bertz CT molecular complexity index is 837. The number of nitrogens with zero attached hydrogens (tertiary/aromatic N) is 2. The number of nitrogens with one attached hydrogen (secondary N) is 1. The lowest BCUT2D eigenvalue weighted by atomic mass is 10.2. The van der Waals surface area contributed by atoms with E-state index in [0.29, 0.717) is 29.6 Å². The Balaban J connectivity index is 1.46. The number of aryl methyl sites for hydroxylation is 3. The molecule has 0 atom stereocenters. The van der Waals surface area contributed by atoms with E-state index in [9.17, 15) is 4.79 Å². The van der Waals surface area contributed by atoms with Crippen molar-refractivity contribution in [3.63, 3.8) is 0 Å². The van der Waals surface area contributed by atoms with Crippen LogP contribution in [-0.4, -0.2) is 22.4 Å². The predicted octanol–water partition coefficient (Wildman–Crippen LogP) is 3.24. The lowest BCUT2D eigenvalue weighted by Crippen LogP contribution is -2.26. The summed E-state index contributed by atoms with van der Waals surface area (Å²) in [7, 11) is 0. The van der Waals surface area contributed by atoms with E-state index < -0.39 is 0 Å². The van der Waals surface area contributed by atoms with Crippen molar-refractivity contribution in [1.82, 2.24) is 15.3 Å². The third-order valence-corrected chi connectivity index (χ3v) is 3.83. The van der Waals surface area contributed by atoms with E-state index in [-0.39, 0.29) is 12.3 Å². The summed E-state index contributed by atoms with van der Waals surface area (Å²) in [5, 5.41) is 2.92. The molecule has 0 aromatic carbocycles. The Kier molecular flexibility index (Phi) is 5.28. The Labute approximate surface area is 146 Å². The number of furan rings is 1. The van der Waals surface area contributed by atoms with Crippen LogP contribution in [0.4, 0.5) is 0 Å². The Morgan fingerprint density at radius 3 is 2.80 bits per heavy atom. The van der Waals surface area contributed by atoms with Crippen LogP contribution in [0.3, 0.4) is 0 Å². The number of rotatable bonds is 7. The van der Waals surface area contributed by atoms with Gasteiger partial charge in [0, 0.05) is 17.9 Å². The normalized spacial score (nSPS) is 10.8. The van der Waals surface area contributed by atoms with Gasteiger partial charge in [0.15, 0.2) is 5.76 Å². The van der Waals surface area contributed by atoms with Gasteiger partial charge in [-0.2, -0.15) is 0 Å². The van der Waals surface area contributed by atoms with E-state index in [1.807, 2.05) is 25.1 Å². The minimum absolute atomic E-state index is 0.0698. The lowest BCUT2D eigenvalue weighted by Gasteiger charge is -2.05. The number of carbonyl (C=O) groups excluding carboxylic acids is 1. The van der Waals surface area contributed by atoms with E-state index >= 15 is 0 Å². The zero-order chi connectivity index (χ0) is 17.6. The van der Waals surface area contributed by atoms with Crippen LogP contribution in [0.15, 0.2) is 45.4 Å². The topological polar surface area (TPSA) is 81.2 Å². The van der Waals surface area contributed by atoms with Gasteiger partial charge >= 0.3 is 0 Å². The molecule has 3 rings (SSSR count). The van der Waals surface area contributed by atoms with Gasteiger partial charge in [-0.3, -0.25) is 9.78 Å². The molecule has 0 saturated heterocycles. The largest absolute Gasteiger partial charge is 0.459 e. The molecule has 3 aromatic rings. The summed E-state index contributed by atoms with van der Waals surface area (Å²) in [5.74, 6) is 1.52. The summed E-state index contributed by atoms with van der Waals surface area (Å²) in [6.45, 7) is 4.38. The smallest absolute Gasteiger partial charge is 0.263 e. The fraction of sp³-hybridized carbons (Fsp3) is 0.316. The van der Waals surface area contributed by atoms with Gasteiger partial charge in [-0.15, -0.1) is 0 Å².